The number of hydrogen-bond acceptors (Lipinski definition) is 3. The number of nitrogens with two attached hydrogens (primary N) is 1. The second-order valence-electron chi connectivity index (χ2n) is 5.13. The standard InChI is InChI=1S/C15H20FNO2/c1-2-10-5-3-4-6-14(10)19-15(18)11-7-8-13(17)12(16)9-11/h7-10,14H,2-6,17H2,1H3. The topological polar surface area (TPSA) is 52.3 Å². The van der Waals surface area contributed by atoms with Gasteiger partial charge in [0.15, 0.2) is 0 Å². The highest BCUT2D eigenvalue weighted by Crippen LogP contribution is 2.29. The Morgan fingerprint density at radius 2 is 2.16 bits per heavy atom. The van der Waals surface area contributed by atoms with Crippen molar-refractivity contribution in [2.75, 3.05) is 5.73 Å². The minimum atomic E-state index is -0.579. The summed E-state index contributed by atoms with van der Waals surface area (Å²) in [6.07, 6.45) is 5.26. The van der Waals surface area contributed by atoms with Gasteiger partial charge in [0.05, 0.1) is 11.3 Å². The molecule has 19 heavy (non-hydrogen) atoms. The summed E-state index contributed by atoms with van der Waals surface area (Å²) >= 11 is 0. The average molecular weight is 265 g/mol. The van der Waals surface area contributed by atoms with Gasteiger partial charge in [-0.05, 0) is 49.8 Å². The maximum atomic E-state index is 13.3. The second kappa shape index (κ2) is 6.04. The van der Waals surface area contributed by atoms with Crippen molar-refractivity contribution in [1.82, 2.24) is 0 Å². The third-order valence-electron chi connectivity index (χ3n) is 3.86. The van der Waals surface area contributed by atoms with Crippen molar-refractivity contribution in [2.24, 2.45) is 5.92 Å². The molecule has 104 valence electrons. The molecule has 1 fully saturated rings. The molecule has 1 aromatic carbocycles. The molecule has 0 saturated heterocycles. The molecule has 3 nitrogen and oxygen atoms in total. The lowest BCUT2D eigenvalue weighted by molar-refractivity contribution is 0.000671. The Labute approximate surface area is 112 Å². The Morgan fingerprint density at radius 3 is 2.84 bits per heavy atom. The lowest BCUT2D eigenvalue weighted by Crippen LogP contribution is -2.29. The molecule has 0 heterocycles. The molecule has 0 radical (unpaired) electrons. The predicted octanol–water partition coefficient (Wildman–Crippen LogP) is 3.53. The van der Waals surface area contributed by atoms with E-state index in [1.807, 2.05) is 0 Å². The van der Waals surface area contributed by atoms with Gasteiger partial charge in [-0.15, -0.1) is 0 Å². The molecule has 0 aromatic heterocycles. The second-order valence-corrected chi connectivity index (χ2v) is 5.13. The maximum absolute atomic E-state index is 13.3. The largest absolute Gasteiger partial charge is 0.458 e. The van der Waals surface area contributed by atoms with Gasteiger partial charge >= 0.3 is 5.97 Å². The number of nitrogen functional groups attached to an aromatic ring is 1. The van der Waals surface area contributed by atoms with E-state index in [0.717, 1.165) is 31.7 Å². The van der Waals surface area contributed by atoms with E-state index in [9.17, 15) is 9.18 Å². The summed E-state index contributed by atoms with van der Waals surface area (Å²) in [7, 11) is 0. The van der Waals surface area contributed by atoms with Gasteiger partial charge in [0.1, 0.15) is 11.9 Å². The number of rotatable bonds is 3. The van der Waals surface area contributed by atoms with E-state index in [4.69, 9.17) is 10.5 Å². The van der Waals surface area contributed by atoms with Crippen molar-refractivity contribution >= 4 is 11.7 Å². The van der Waals surface area contributed by atoms with Crippen molar-refractivity contribution in [3.63, 3.8) is 0 Å². The van der Waals surface area contributed by atoms with Crippen LogP contribution in [0.4, 0.5) is 10.1 Å². The van der Waals surface area contributed by atoms with Crippen LogP contribution in [0, 0.1) is 11.7 Å². The molecule has 2 unspecified atom stereocenters. The number of halogens is 1. The molecule has 2 N–H and O–H groups in total. The Morgan fingerprint density at radius 1 is 1.42 bits per heavy atom. The Bertz CT molecular complexity index is 461. The molecule has 1 aromatic rings. The number of esters is 1. The fourth-order valence-corrected chi connectivity index (χ4v) is 2.66. The van der Waals surface area contributed by atoms with Gasteiger partial charge in [0.25, 0.3) is 0 Å². The van der Waals surface area contributed by atoms with E-state index in [1.165, 1.54) is 18.6 Å². The molecule has 2 rings (SSSR count). The first kappa shape index (κ1) is 13.8. The normalized spacial score (nSPS) is 23.1. The fourth-order valence-electron chi connectivity index (χ4n) is 2.66. The number of anilines is 1. The average Bonchev–Trinajstić information content (AvgIpc) is 2.42. The smallest absolute Gasteiger partial charge is 0.338 e. The lowest BCUT2D eigenvalue weighted by Gasteiger charge is -2.30. The third kappa shape index (κ3) is 3.25. The van der Waals surface area contributed by atoms with Gasteiger partial charge in [-0.25, -0.2) is 9.18 Å². The molecular weight excluding hydrogens is 245 g/mol. The Balaban J connectivity index is 2.05. The van der Waals surface area contributed by atoms with Gasteiger partial charge in [-0.3, -0.25) is 0 Å². The Kier molecular flexibility index (Phi) is 4.40. The highest BCUT2D eigenvalue weighted by Gasteiger charge is 2.27. The zero-order valence-corrected chi connectivity index (χ0v) is 11.2. The quantitative estimate of drug-likeness (QED) is 0.672. The molecular formula is C15H20FNO2. The van der Waals surface area contributed by atoms with Crippen LogP contribution in [-0.2, 0) is 4.74 Å². The van der Waals surface area contributed by atoms with Gasteiger partial charge < -0.3 is 10.5 Å². The lowest BCUT2D eigenvalue weighted by atomic mass is 9.85. The van der Waals surface area contributed by atoms with Crippen molar-refractivity contribution in [2.45, 2.75) is 45.1 Å². The Hall–Kier alpha value is -1.58. The zero-order valence-electron chi connectivity index (χ0n) is 11.2. The maximum Gasteiger partial charge on any atom is 0.338 e. The number of carbonyl (C=O) groups excluding carboxylic acids is 1. The van der Waals surface area contributed by atoms with E-state index in [2.05, 4.69) is 6.92 Å². The van der Waals surface area contributed by atoms with E-state index in [1.54, 1.807) is 0 Å². The zero-order chi connectivity index (χ0) is 13.8. The van der Waals surface area contributed by atoms with Crippen LogP contribution in [0.1, 0.15) is 49.4 Å². The molecule has 2 atom stereocenters. The van der Waals surface area contributed by atoms with Crippen LogP contribution in [0.3, 0.4) is 0 Å². The number of hydrogen-bond donors (Lipinski definition) is 1. The predicted molar refractivity (Wildman–Crippen MR) is 72.3 cm³/mol. The molecule has 4 heteroatoms. The summed E-state index contributed by atoms with van der Waals surface area (Å²) in [5.41, 5.74) is 5.66. The van der Waals surface area contributed by atoms with Crippen LogP contribution in [0.15, 0.2) is 18.2 Å². The first-order valence-electron chi connectivity index (χ1n) is 6.87. The van der Waals surface area contributed by atoms with Gasteiger partial charge in [0.2, 0.25) is 0 Å². The summed E-state index contributed by atoms with van der Waals surface area (Å²) in [5.74, 6) is -0.606. The van der Waals surface area contributed by atoms with Crippen molar-refractivity contribution < 1.29 is 13.9 Å². The van der Waals surface area contributed by atoms with Gasteiger partial charge in [-0.1, -0.05) is 13.3 Å². The summed E-state index contributed by atoms with van der Waals surface area (Å²) in [5, 5.41) is 0. The van der Waals surface area contributed by atoms with Crippen LogP contribution in [-0.4, -0.2) is 12.1 Å². The van der Waals surface area contributed by atoms with E-state index in [-0.39, 0.29) is 17.4 Å². The minimum absolute atomic E-state index is 0.0353. The van der Waals surface area contributed by atoms with Crippen LogP contribution < -0.4 is 5.73 Å². The van der Waals surface area contributed by atoms with Crippen LogP contribution >= 0.6 is 0 Å². The van der Waals surface area contributed by atoms with E-state index < -0.39 is 11.8 Å². The number of carbonyl (C=O) groups is 1. The summed E-state index contributed by atoms with van der Waals surface area (Å²) < 4.78 is 18.9. The molecule has 0 spiro atoms. The first-order valence-corrected chi connectivity index (χ1v) is 6.87. The molecule has 1 saturated carbocycles. The van der Waals surface area contributed by atoms with E-state index >= 15 is 0 Å². The van der Waals surface area contributed by atoms with Gasteiger partial charge in [0, 0.05) is 0 Å². The highest BCUT2D eigenvalue weighted by molar-refractivity contribution is 5.90. The molecule has 0 aliphatic heterocycles. The highest BCUT2D eigenvalue weighted by atomic mass is 19.1. The third-order valence-corrected chi connectivity index (χ3v) is 3.86. The molecule has 1 aliphatic rings. The minimum Gasteiger partial charge on any atom is -0.458 e. The first-order chi connectivity index (χ1) is 9.11. The molecule has 0 amide bonds. The van der Waals surface area contributed by atoms with Crippen molar-refractivity contribution in [1.29, 1.82) is 0 Å². The monoisotopic (exact) mass is 265 g/mol. The number of ether oxygens (including phenoxy) is 1. The van der Waals surface area contributed by atoms with Crippen LogP contribution in [0.5, 0.6) is 0 Å². The summed E-state index contributed by atoms with van der Waals surface area (Å²) in [4.78, 5) is 12.0. The van der Waals surface area contributed by atoms with E-state index in [0.29, 0.717) is 5.92 Å². The van der Waals surface area contributed by atoms with Gasteiger partial charge in [-0.2, -0.15) is 0 Å². The van der Waals surface area contributed by atoms with Crippen molar-refractivity contribution in [3.8, 4) is 0 Å². The number of benzene rings is 1. The van der Waals surface area contributed by atoms with Crippen LogP contribution in [0.2, 0.25) is 0 Å². The summed E-state index contributed by atoms with van der Waals surface area (Å²) in [6.45, 7) is 2.11. The van der Waals surface area contributed by atoms with Crippen molar-refractivity contribution in [3.05, 3.63) is 29.6 Å². The van der Waals surface area contributed by atoms with Crippen LogP contribution in [0.25, 0.3) is 0 Å². The SMILES string of the molecule is CCC1CCCCC1OC(=O)c1ccc(N)c(F)c1. The fraction of sp³-hybridized carbons (Fsp3) is 0.533. The molecule has 1 aliphatic carbocycles. The summed E-state index contributed by atoms with van der Waals surface area (Å²) in [6, 6.07) is 4.04. The molecule has 0 bridgehead atoms.